The summed E-state index contributed by atoms with van der Waals surface area (Å²) in [5, 5.41) is 0. The Bertz CT molecular complexity index is 257. The fourth-order valence-electron chi connectivity index (χ4n) is 2.80. The molecule has 2 aliphatic carbocycles. The average Bonchev–Trinajstić information content (AvgIpc) is 2.78. The summed E-state index contributed by atoms with van der Waals surface area (Å²) in [6.07, 6.45) is 9.87. The van der Waals surface area contributed by atoms with Gasteiger partial charge >= 0.3 is 5.97 Å². The SMILES string of the molecule is CCCCOC(=O)[C@@H]1CC[C@H]2C=CC[C@H]21. The molecule has 2 aliphatic rings. The Kier molecular flexibility index (Phi) is 3.45. The molecule has 0 amide bonds. The average molecular weight is 208 g/mol. The first-order valence-electron chi connectivity index (χ1n) is 6.16. The zero-order valence-electron chi connectivity index (χ0n) is 9.45. The number of esters is 1. The maximum absolute atomic E-state index is 11.8. The van der Waals surface area contributed by atoms with Gasteiger partial charge in [-0.15, -0.1) is 0 Å². The van der Waals surface area contributed by atoms with Crippen molar-refractivity contribution in [2.45, 2.75) is 39.0 Å². The van der Waals surface area contributed by atoms with Crippen LogP contribution in [0.15, 0.2) is 12.2 Å². The van der Waals surface area contributed by atoms with E-state index in [2.05, 4.69) is 19.1 Å². The molecule has 1 saturated carbocycles. The second-order valence-corrected chi connectivity index (χ2v) is 4.70. The van der Waals surface area contributed by atoms with Crippen LogP contribution < -0.4 is 0 Å². The lowest BCUT2D eigenvalue weighted by atomic mass is 9.91. The Morgan fingerprint density at radius 1 is 1.47 bits per heavy atom. The number of ether oxygens (including phenoxy) is 1. The van der Waals surface area contributed by atoms with Crippen LogP contribution >= 0.6 is 0 Å². The van der Waals surface area contributed by atoms with E-state index in [0.29, 0.717) is 18.4 Å². The lowest BCUT2D eigenvalue weighted by Gasteiger charge is -2.17. The summed E-state index contributed by atoms with van der Waals surface area (Å²) in [6, 6.07) is 0. The second kappa shape index (κ2) is 4.82. The summed E-state index contributed by atoms with van der Waals surface area (Å²) < 4.78 is 5.31. The predicted molar refractivity (Wildman–Crippen MR) is 59.3 cm³/mol. The van der Waals surface area contributed by atoms with Crippen LogP contribution in [0.1, 0.15) is 39.0 Å². The molecular weight excluding hydrogens is 188 g/mol. The largest absolute Gasteiger partial charge is 0.465 e. The van der Waals surface area contributed by atoms with Crippen molar-refractivity contribution in [3.8, 4) is 0 Å². The third-order valence-electron chi connectivity index (χ3n) is 3.71. The van der Waals surface area contributed by atoms with Gasteiger partial charge in [0.1, 0.15) is 0 Å². The van der Waals surface area contributed by atoms with Gasteiger partial charge in [0, 0.05) is 0 Å². The molecule has 0 aliphatic heterocycles. The highest BCUT2D eigenvalue weighted by atomic mass is 16.5. The molecular formula is C13H20O2. The molecule has 0 spiro atoms. The van der Waals surface area contributed by atoms with E-state index in [1.807, 2.05) is 0 Å². The van der Waals surface area contributed by atoms with E-state index < -0.39 is 0 Å². The number of unbranched alkanes of at least 4 members (excludes halogenated alkanes) is 1. The van der Waals surface area contributed by atoms with Gasteiger partial charge < -0.3 is 4.74 Å². The molecule has 0 saturated heterocycles. The summed E-state index contributed by atoms with van der Waals surface area (Å²) in [4.78, 5) is 11.8. The van der Waals surface area contributed by atoms with E-state index >= 15 is 0 Å². The van der Waals surface area contributed by atoms with Crippen LogP contribution in [-0.4, -0.2) is 12.6 Å². The molecule has 3 atom stereocenters. The van der Waals surface area contributed by atoms with Crippen molar-refractivity contribution in [3.63, 3.8) is 0 Å². The first-order valence-corrected chi connectivity index (χ1v) is 6.16. The van der Waals surface area contributed by atoms with Crippen LogP contribution in [0.4, 0.5) is 0 Å². The maximum Gasteiger partial charge on any atom is 0.309 e. The topological polar surface area (TPSA) is 26.3 Å². The van der Waals surface area contributed by atoms with Gasteiger partial charge in [0.05, 0.1) is 12.5 Å². The standard InChI is InChI=1S/C13H20O2/c1-2-3-9-15-13(14)12-8-7-10-5-4-6-11(10)12/h4-5,10-12H,2-3,6-9H2,1H3/t10-,11-,12-/m1/s1. The van der Waals surface area contributed by atoms with E-state index in [9.17, 15) is 4.79 Å². The normalized spacial score (nSPS) is 33.0. The molecule has 0 aromatic rings. The van der Waals surface area contributed by atoms with Gasteiger partial charge in [0.25, 0.3) is 0 Å². The molecule has 84 valence electrons. The van der Waals surface area contributed by atoms with E-state index in [4.69, 9.17) is 4.74 Å². The third-order valence-corrected chi connectivity index (χ3v) is 3.71. The van der Waals surface area contributed by atoms with Gasteiger partial charge in [0.15, 0.2) is 0 Å². The number of carbonyl (C=O) groups excluding carboxylic acids is 1. The van der Waals surface area contributed by atoms with Crippen LogP contribution in [-0.2, 0) is 9.53 Å². The van der Waals surface area contributed by atoms with Crippen LogP contribution in [0.3, 0.4) is 0 Å². The molecule has 0 aromatic heterocycles. The summed E-state index contributed by atoms with van der Waals surface area (Å²) in [7, 11) is 0. The first kappa shape index (κ1) is 10.7. The monoisotopic (exact) mass is 208 g/mol. The highest BCUT2D eigenvalue weighted by molar-refractivity contribution is 5.73. The number of hydrogen-bond acceptors (Lipinski definition) is 2. The van der Waals surface area contributed by atoms with Gasteiger partial charge in [0.2, 0.25) is 0 Å². The fourth-order valence-corrected chi connectivity index (χ4v) is 2.80. The summed E-state index contributed by atoms with van der Waals surface area (Å²) in [5.41, 5.74) is 0. The Morgan fingerprint density at radius 2 is 2.33 bits per heavy atom. The van der Waals surface area contributed by atoms with E-state index in [1.54, 1.807) is 0 Å². The Morgan fingerprint density at radius 3 is 3.13 bits per heavy atom. The number of hydrogen-bond donors (Lipinski definition) is 0. The minimum absolute atomic E-state index is 0.0552. The van der Waals surface area contributed by atoms with E-state index in [-0.39, 0.29) is 11.9 Å². The van der Waals surface area contributed by atoms with Crippen molar-refractivity contribution in [2.24, 2.45) is 17.8 Å². The predicted octanol–water partition coefficient (Wildman–Crippen LogP) is 2.93. The molecule has 0 N–H and O–H groups in total. The molecule has 0 bridgehead atoms. The second-order valence-electron chi connectivity index (χ2n) is 4.70. The van der Waals surface area contributed by atoms with Crippen molar-refractivity contribution in [3.05, 3.63) is 12.2 Å². The highest BCUT2D eigenvalue weighted by Gasteiger charge is 2.41. The lowest BCUT2D eigenvalue weighted by molar-refractivity contribution is -0.150. The molecule has 0 aromatic carbocycles. The van der Waals surface area contributed by atoms with Crippen LogP contribution in [0.25, 0.3) is 0 Å². The van der Waals surface area contributed by atoms with E-state index in [1.165, 1.54) is 6.42 Å². The highest BCUT2D eigenvalue weighted by Crippen LogP contribution is 2.44. The van der Waals surface area contributed by atoms with Gasteiger partial charge in [-0.1, -0.05) is 25.5 Å². The van der Waals surface area contributed by atoms with Crippen molar-refractivity contribution < 1.29 is 9.53 Å². The van der Waals surface area contributed by atoms with Gasteiger partial charge in [-0.25, -0.2) is 0 Å². The molecule has 0 unspecified atom stereocenters. The van der Waals surface area contributed by atoms with Crippen molar-refractivity contribution >= 4 is 5.97 Å². The number of allylic oxidation sites excluding steroid dienone is 2. The summed E-state index contributed by atoms with van der Waals surface area (Å²) >= 11 is 0. The summed E-state index contributed by atoms with van der Waals surface area (Å²) in [5.74, 6) is 1.45. The smallest absolute Gasteiger partial charge is 0.309 e. The lowest BCUT2D eigenvalue weighted by Crippen LogP contribution is -2.22. The zero-order chi connectivity index (χ0) is 10.7. The fraction of sp³-hybridized carbons (Fsp3) is 0.769. The van der Waals surface area contributed by atoms with Gasteiger partial charge in [-0.05, 0) is 37.5 Å². The van der Waals surface area contributed by atoms with Gasteiger partial charge in [-0.3, -0.25) is 4.79 Å². The van der Waals surface area contributed by atoms with E-state index in [0.717, 1.165) is 25.7 Å². The third kappa shape index (κ3) is 2.24. The Balaban J connectivity index is 1.81. The molecule has 1 fully saturated rings. The van der Waals surface area contributed by atoms with Gasteiger partial charge in [-0.2, -0.15) is 0 Å². The quantitative estimate of drug-likeness (QED) is 0.403. The maximum atomic E-state index is 11.8. The van der Waals surface area contributed by atoms with Crippen LogP contribution in [0.5, 0.6) is 0 Å². The van der Waals surface area contributed by atoms with Crippen molar-refractivity contribution in [1.29, 1.82) is 0 Å². The van der Waals surface area contributed by atoms with Crippen molar-refractivity contribution in [1.82, 2.24) is 0 Å². The number of rotatable bonds is 4. The first-order chi connectivity index (χ1) is 7.33. The molecule has 0 radical (unpaired) electrons. The van der Waals surface area contributed by atoms with Crippen LogP contribution in [0, 0.1) is 17.8 Å². The molecule has 15 heavy (non-hydrogen) atoms. The minimum atomic E-state index is 0.0552. The van der Waals surface area contributed by atoms with Crippen molar-refractivity contribution in [2.75, 3.05) is 6.61 Å². The molecule has 0 heterocycles. The summed E-state index contributed by atoms with van der Waals surface area (Å²) in [6.45, 7) is 2.72. The Hall–Kier alpha value is -0.790. The van der Waals surface area contributed by atoms with Crippen LogP contribution in [0.2, 0.25) is 0 Å². The number of fused-ring (bicyclic) bond motifs is 1. The molecule has 2 nitrogen and oxygen atoms in total. The zero-order valence-corrected chi connectivity index (χ0v) is 9.45. The molecule has 2 heteroatoms. The number of carbonyl (C=O) groups is 1. The Labute approximate surface area is 91.7 Å². The molecule has 2 rings (SSSR count). The minimum Gasteiger partial charge on any atom is -0.465 e.